The highest BCUT2D eigenvalue weighted by Gasteiger charge is 2.08. The van der Waals surface area contributed by atoms with Gasteiger partial charge in [0, 0.05) is 35.6 Å². The molecule has 3 heterocycles. The van der Waals surface area contributed by atoms with Crippen LogP contribution in [0.25, 0.3) is 10.6 Å². The van der Waals surface area contributed by atoms with Crippen LogP contribution in [0.3, 0.4) is 0 Å². The van der Waals surface area contributed by atoms with E-state index in [2.05, 4.69) is 39.1 Å². The zero-order valence-electron chi connectivity index (χ0n) is 11.7. The SMILES string of the molecule is CN(Cc1ccc(N)nc1)Cc1csc(-c2ccsc2)n1. The fourth-order valence-corrected chi connectivity index (χ4v) is 3.59. The van der Waals surface area contributed by atoms with Crippen LogP contribution in [0.2, 0.25) is 0 Å². The molecule has 0 aliphatic carbocycles. The molecule has 0 bridgehead atoms. The van der Waals surface area contributed by atoms with E-state index in [1.165, 1.54) is 5.56 Å². The van der Waals surface area contributed by atoms with E-state index in [-0.39, 0.29) is 0 Å². The van der Waals surface area contributed by atoms with E-state index < -0.39 is 0 Å². The maximum Gasteiger partial charge on any atom is 0.124 e. The third kappa shape index (κ3) is 3.66. The fourth-order valence-electron chi connectivity index (χ4n) is 2.07. The number of pyridine rings is 1. The molecule has 108 valence electrons. The first-order valence-corrected chi connectivity index (χ1v) is 8.39. The first-order chi connectivity index (χ1) is 10.2. The van der Waals surface area contributed by atoms with Gasteiger partial charge < -0.3 is 5.73 Å². The van der Waals surface area contributed by atoms with E-state index in [1.54, 1.807) is 22.7 Å². The highest BCUT2D eigenvalue weighted by atomic mass is 32.1. The predicted octanol–water partition coefficient (Wildman–Crippen LogP) is 3.48. The van der Waals surface area contributed by atoms with Crippen molar-refractivity contribution in [3.63, 3.8) is 0 Å². The molecule has 0 radical (unpaired) electrons. The molecule has 3 rings (SSSR count). The Morgan fingerprint density at radius 3 is 2.81 bits per heavy atom. The molecule has 0 aliphatic heterocycles. The quantitative estimate of drug-likeness (QED) is 0.783. The molecule has 0 atom stereocenters. The van der Waals surface area contributed by atoms with Crippen molar-refractivity contribution in [1.82, 2.24) is 14.9 Å². The molecular weight excluding hydrogens is 300 g/mol. The number of thiophene rings is 1. The van der Waals surface area contributed by atoms with Gasteiger partial charge in [-0.2, -0.15) is 11.3 Å². The van der Waals surface area contributed by atoms with Gasteiger partial charge in [0.25, 0.3) is 0 Å². The number of aromatic nitrogens is 2. The van der Waals surface area contributed by atoms with Crippen LogP contribution in [0.4, 0.5) is 5.82 Å². The van der Waals surface area contributed by atoms with Gasteiger partial charge in [0.05, 0.1) is 5.69 Å². The molecule has 0 aromatic carbocycles. The fraction of sp³-hybridized carbons (Fsp3) is 0.200. The summed E-state index contributed by atoms with van der Waals surface area (Å²) in [5, 5.41) is 7.43. The van der Waals surface area contributed by atoms with Gasteiger partial charge in [0.1, 0.15) is 10.8 Å². The van der Waals surface area contributed by atoms with Crippen LogP contribution >= 0.6 is 22.7 Å². The average molecular weight is 316 g/mol. The lowest BCUT2D eigenvalue weighted by Gasteiger charge is -2.15. The average Bonchev–Trinajstić information content (AvgIpc) is 3.12. The Bertz CT molecular complexity index is 689. The zero-order valence-corrected chi connectivity index (χ0v) is 13.3. The minimum absolute atomic E-state index is 0.557. The smallest absolute Gasteiger partial charge is 0.124 e. The lowest BCUT2D eigenvalue weighted by Crippen LogP contribution is -2.17. The minimum atomic E-state index is 0.557. The van der Waals surface area contributed by atoms with Gasteiger partial charge in [-0.3, -0.25) is 4.90 Å². The second kappa shape index (κ2) is 6.34. The van der Waals surface area contributed by atoms with E-state index in [9.17, 15) is 0 Å². The van der Waals surface area contributed by atoms with E-state index in [0.717, 1.165) is 29.4 Å². The van der Waals surface area contributed by atoms with Gasteiger partial charge in [-0.15, -0.1) is 11.3 Å². The number of nitrogens with two attached hydrogens (primary N) is 1. The van der Waals surface area contributed by atoms with Crippen molar-refractivity contribution in [2.75, 3.05) is 12.8 Å². The summed E-state index contributed by atoms with van der Waals surface area (Å²) in [4.78, 5) is 11.0. The lowest BCUT2D eigenvalue weighted by atomic mass is 10.2. The van der Waals surface area contributed by atoms with E-state index >= 15 is 0 Å². The van der Waals surface area contributed by atoms with Gasteiger partial charge >= 0.3 is 0 Å². The first-order valence-electron chi connectivity index (χ1n) is 6.56. The van der Waals surface area contributed by atoms with Crippen molar-refractivity contribution in [1.29, 1.82) is 0 Å². The molecule has 3 aromatic rings. The van der Waals surface area contributed by atoms with Crippen molar-refractivity contribution in [2.24, 2.45) is 0 Å². The molecule has 0 spiro atoms. The molecule has 0 unspecified atom stereocenters. The first kappa shape index (κ1) is 14.2. The Labute approximate surface area is 131 Å². The maximum atomic E-state index is 5.60. The number of nitrogens with zero attached hydrogens (tertiary/aromatic N) is 3. The molecule has 0 aliphatic rings. The topological polar surface area (TPSA) is 55.0 Å². The normalized spacial score (nSPS) is 11.1. The van der Waals surface area contributed by atoms with Gasteiger partial charge in [-0.25, -0.2) is 9.97 Å². The van der Waals surface area contributed by atoms with Gasteiger partial charge in [0.15, 0.2) is 0 Å². The predicted molar refractivity (Wildman–Crippen MR) is 89.2 cm³/mol. The van der Waals surface area contributed by atoms with E-state index in [0.29, 0.717) is 5.82 Å². The second-order valence-corrected chi connectivity index (χ2v) is 6.56. The number of hydrogen-bond acceptors (Lipinski definition) is 6. The molecule has 0 fully saturated rings. The highest BCUT2D eigenvalue weighted by molar-refractivity contribution is 7.14. The molecule has 0 saturated heterocycles. The molecule has 4 nitrogen and oxygen atoms in total. The van der Waals surface area contributed by atoms with Crippen molar-refractivity contribution in [3.8, 4) is 10.6 Å². The minimum Gasteiger partial charge on any atom is -0.384 e. The van der Waals surface area contributed by atoms with Crippen molar-refractivity contribution in [3.05, 3.63) is 51.8 Å². The number of anilines is 1. The number of rotatable bonds is 5. The summed E-state index contributed by atoms with van der Waals surface area (Å²) in [6, 6.07) is 5.95. The number of nitrogen functional groups attached to an aromatic ring is 1. The van der Waals surface area contributed by atoms with Crippen LogP contribution in [0.15, 0.2) is 40.5 Å². The monoisotopic (exact) mass is 316 g/mol. The van der Waals surface area contributed by atoms with Gasteiger partial charge in [-0.05, 0) is 30.1 Å². The third-order valence-corrected chi connectivity index (χ3v) is 4.68. The summed E-state index contributed by atoms with van der Waals surface area (Å²) >= 11 is 3.40. The van der Waals surface area contributed by atoms with E-state index in [1.807, 2.05) is 18.3 Å². The van der Waals surface area contributed by atoms with Crippen LogP contribution in [0.5, 0.6) is 0 Å². The van der Waals surface area contributed by atoms with Crippen LogP contribution in [-0.2, 0) is 13.1 Å². The summed E-state index contributed by atoms with van der Waals surface area (Å²) in [5.41, 5.74) is 9.06. The van der Waals surface area contributed by atoms with Crippen molar-refractivity contribution < 1.29 is 0 Å². The molecule has 6 heteroatoms. The van der Waals surface area contributed by atoms with Crippen molar-refractivity contribution in [2.45, 2.75) is 13.1 Å². The zero-order chi connectivity index (χ0) is 14.7. The Morgan fingerprint density at radius 2 is 2.10 bits per heavy atom. The Hall–Kier alpha value is -1.76. The van der Waals surface area contributed by atoms with Crippen LogP contribution < -0.4 is 5.73 Å². The highest BCUT2D eigenvalue weighted by Crippen LogP contribution is 2.26. The molecular formula is C15H16N4S2. The lowest BCUT2D eigenvalue weighted by molar-refractivity contribution is 0.315. The molecule has 21 heavy (non-hydrogen) atoms. The molecule has 2 N–H and O–H groups in total. The Morgan fingerprint density at radius 1 is 1.19 bits per heavy atom. The van der Waals surface area contributed by atoms with Crippen LogP contribution in [-0.4, -0.2) is 21.9 Å². The van der Waals surface area contributed by atoms with Crippen LogP contribution in [0.1, 0.15) is 11.3 Å². The standard InChI is InChI=1S/C15H16N4S2/c1-19(7-11-2-3-14(16)17-6-11)8-13-10-21-15(18-13)12-4-5-20-9-12/h2-6,9-10H,7-8H2,1H3,(H2,16,17). The second-order valence-electron chi connectivity index (χ2n) is 4.92. The third-order valence-electron chi connectivity index (χ3n) is 3.05. The summed E-state index contributed by atoms with van der Waals surface area (Å²) in [7, 11) is 2.08. The molecule has 0 amide bonds. The molecule has 3 aromatic heterocycles. The largest absolute Gasteiger partial charge is 0.384 e. The van der Waals surface area contributed by atoms with Gasteiger partial charge in [-0.1, -0.05) is 6.07 Å². The summed E-state index contributed by atoms with van der Waals surface area (Å²) in [5.74, 6) is 0.557. The maximum absolute atomic E-state index is 5.60. The van der Waals surface area contributed by atoms with Gasteiger partial charge in [0.2, 0.25) is 0 Å². The molecule has 0 saturated carbocycles. The van der Waals surface area contributed by atoms with Crippen LogP contribution in [0, 0.1) is 0 Å². The summed E-state index contributed by atoms with van der Waals surface area (Å²) in [6.45, 7) is 1.66. The summed E-state index contributed by atoms with van der Waals surface area (Å²) in [6.07, 6.45) is 1.82. The summed E-state index contributed by atoms with van der Waals surface area (Å²) < 4.78 is 0. The van der Waals surface area contributed by atoms with E-state index in [4.69, 9.17) is 10.7 Å². The Balaban J connectivity index is 1.62. The number of thiazole rings is 1. The number of hydrogen-bond donors (Lipinski definition) is 1. The Kier molecular flexibility index (Phi) is 4.28. The van der Waals surface area contributed by atoms with Crippen molar-refractivity contribution >= 4 is 28.5 Å².